The van der Waals surface area contributed by atoms with E-state index in [-0.39, 0.29) is 10.6 Å². The lowest BCUT2D eigenvalue weighted by atomic mass is 10.2. The number of benzene rings is 2. The van der Waals surface area contributed by atoms with Crippen LogP contribution < -0.4 is 4.72 Å². The molecule has 0 radical (unpaired) electrons. The number of carboxylic acid groups (broad SMARTS) is 1. The van der Waals surface area contributed by atoms with E-state index in [9.17, 15) is 26.4 Å². The monoisotopic (exact) mass is 371 g/mol. The van der Waals surface area contributed by atoms with Crippen LogP contribution in [-0.2, 0) is 21.0 Å². The van der Waals surface area contributed by atoms with E-state index in [2.05, 4.69) is 4.72 Å². The second-order valence-electron chi connectivity index (χ2n) is 4.92. The zero-order chi connectivity index (χ0) is 18.7. The van der Waals surface area contributed by atoms with E-state index in [0.29, 0.717) is 5.56 Å². The molecule has 0 bridgehead atoms. The molecule has 0 aliphatic heterocycles. The van der Waals surface area contributed by atoms with Crippen LogP contribution in [0.4, 0.5) is 18.9 Å². The van der Waals surface area contributed by atoms with E-state index >= 15 is 0 Å². The van der Waals surface area contributed by atoms with Gasteiger partial charge in [-0.3, -0.25) is 4.72 Å². The summed E-state index contributed by atoms with van der Waals surface area (Å²) in [5.74, 6) is -1.18. The number of carbonyl (C=O) groups is 1. The van der Waals surface area contributed by atoms with Gasteiger partial charge in [-0.05, 0) is 48.0 Å². The van der Waals surface area contributed by atoms with Crippen molar-refractivity contribution in [2.75, 3.05) is 4.72 Å². The Bertz CT molecular complexity index is 904. The first kappa shape index (κ1) is 18.5. The number of carboxylic acids is 1. The Labute approximate surface area is 141 Å². The van der Waals surface area contributed by atoms with Crippen LogP contribution in [0, 0.1) is 0 Å². The molecule has 0 aliphatic carbocycles. The smallest absolute Gasteiger partial charge is 0.416 e. The molecule has 0 spiro atoms. The van der Waals surface area contributed by atoms with Crippen molar-refractivity contribution in [2.24, 2.45) is 0 Å². The lowest BCUT2D eigenvalue weighted by Gasteiger charge is -2.10. The van der Waals surface area contributed by atoms with Gasteiger partial charge in [-0.15, -0.1) is 0 Å². The normalized spacial score (nSPS) is 12.3. The molecule has 5 nitrogen and oxygen atoms in total. The first-order valence-electron chi connectivity index (χ1n) is 6.79. The van der Waals surface area contributed by atoms with Crippen LogP contribution in [0.5, 0.6) is 0 Å². The molecule has 2 aromatic rings. The molecule has 0 unspecified atom stereocenters. The highest BCUT2D eigenvalue weighted by Gasteiger charge is 2.30. The SMILES string of the molecule is O=C(O)/C=C/c1cccc(S(=O)(=O)Nc2ccc(C(F)(F)F)cc2)c1. The fraction of sp³-hybridized carbons (Fsp3) is 0.0625. The fourth-order valence-corrected chi connectivity index (χ4v) is 3.01. The molecule has 0 saturated carbocycles. The third kappa shape index (κ3) is 5.08. The molecular formula is C16H12F3NO4S. The first-order valence-corrected chi connectivity index (χ1v) is 8.27. The summed E-state index contributed by atoms with van der Waals surface area (Å²) in [6.07, 6.45) is -2.43. The van der Waals surface area contributed by atoms with Gasteiger partial charge in [0.15, 0.2) is 0 Å². The number of nitrogens with one attached hydrogen (secondary N) is 1. The summed E-state index contributed by atoms with van der Waals surface area (Å²) < 4.78 is 64.3. The maximum atomic E-state index is 12.5. The van der Waals surface area contributed by atoms with E-state index < -0.39 is 27.7 Å². The summed E-state index contributed by atoms with van der Waals surface area (Å²) >= 11 is 0. The molecule has 0 fully saturated rings. The third-order valence-electron chi connectivity index (χ3n) is 3.05. The quantitative estimate of drug-likeness (QED) is 0.787. The van der Waals surface area contributed by atoms with Crippen LogP contribution in [0.2, 0.25) is 0 Å². The number of anilines is 1. The number of alkyl halides is 3. The van der Waals surface area contributed by atoms with Crippen LogP contribution in [0.1, 0.15) is 11.1 Å². The van der Waals surface area contributed by atoms with E-state index in [0.717, 1.165) is 30.3 Å². The van der Waals surface area contributed by atoms with Gasteiger partial charge in [0.25, 0.3) is 10.0 Å². The summed E-state index contributed by atoms with van der Waals surface area (Å²) in [5.41, 5.74) is -0.576. The Balaban J connectivity index is 2.24. The second kappa shape index (κ2) is 6.98. The Morgan fingerprint density at radius 1 is 1.08 bits per heavy atom. The molecule has 0 saturated heterocycles. The number of hydrogen-bond acceptors (Lipinski definition) is 3. The Kier molecular flexibility index (Phi) is 5.17. The van der Waals surface area contributed by atoms with Crippen molar-refractivity contribution < 1.29 is 31.5 Å². The molecule has 9 heteroatoms. The topological polar surface area (TPSA) is 83.5 Å². The largest absolute Gasteiger partial charge is 0.478 e. The second-order valence-corrected chi connectivity index (χ2v) is 6.61. The number of rotatable bonds is 5. The molecule has 0 amide bonds. The summed E-state index contributed by atoms with van der Waals surface area (Å²) in [5, 5.41) is 8.58. The average Bonchev–Trinajstić information content (AvgIpc) is 2.52. The van der Waals surface area contributed by atoms with E-state index in [1.807, 2.05) is 0 Å². The van der Waals surface area contributed by atoms with Crippen molar-refractivity contribution in [3.05, 3.63) is 65.7 Å². The molecule has 0 aliphatic rings. The maximum Gasteiger partial charge on any atom is 0.416 e. The number of sulfonamides is 1. The van der Waals surface area contributed by atoms with Crippen molar-refractivity contribution in [1.82, 2.24) is 0 Å². The molecule has 2 rings (SSSR count). The zero-order valence-corrected chi connectivity index (χ0v) is 13.3. The third-order valence-corrected chi connectivity index (χ3v) is 4.43. The van der Waals surface area contributed by atoms with Crippen molar-refractivity contribution in [1.29, 1.82) is 0 Å². The fourth-order valence-electron chi connectivity index (χ4n) is 1.89. The van der Waals surface area contributed by atoms with E-state index in [1.54, 1.807) is 0 Å². The van der Waals surface area contributed by atoms with Gasteiger partial charge in [-0.2, -0.15) is 13.2 Å². The summed E-state index contributed by atoms with van der Waals surface area (Å²) in [6, 6.07) is 9.01. The Morgan fingerprint density at radius 2 is 1.72 bits per heavy atom. The highest BCUT2D eigenvalue weighted by atomic mass is 32.2. The van der Waals surface area contributed by atoms with Crippen LogP contribution in [0.3, 0.4) is 0 Å². The highest BCUT2D eigenvalue weighted by Crippen LogP contribution is 2.30. The predicted octanol–water partition coefficient (Wildman–Crippen LogP) is 3.60. The van der Waals surface area contributed by atoms with Crippen molar-refractivity contribution in [2.45, 2.75) is 11.1 Å². The average molecular weight is 371 g/mol. The minimum atomic E-state index is -4.51. The van der Waals surface area contributed by atoms with Gasteiger partial charge in [0.2, 0.25) is 0 Å². The number of hydrogen-bond donors (Lipinski definition) is 2. The summed E-state index contributed by atoms with van der Waals surface area (Å²) in [6.45, 7) is 0. The molecule has 0 aromatic heterocycles. The summed E-state index contributed by atoms with van der Waals surface area (Å²) in [7, 11) is -4.04. The van der Waals surface area contributed by atoms with Crippen LogP contribution in [0.15, 0.2) is 59.5 Å². The predicted molar refractivity (Wildman–Crippen MR) is 85.4 cm³/mol. The van der Waals surface area contributed by atoms with Crippen LogP contribution >= 0.6 is 0 Å². The van der Waals surface area contributed by atoms with Gasteiger partial charge < -0.3 is 5.11 Å². The van der Waals surface area contributed by atoms with Gasteiger partial charge >= 0.3 is 12.1 Å². The maximum absolute atomic E-state index is 12.5. The molecule has 132 valence electrons. The van der Waals surface area contributed by atoms with Crippen molar-refractivity contribution in [3.63, 3.8) is 0 Å². The summed E-state index contributed by atoms with van der Waals surface area (Å²) in [4.78, 5) is 10.3. The lowest BCUT2D eigenvalue weighted by Crippen LogP contribution is -2.13. The molecule has 2 aromatic carbocycles. The van der Waals surface area contributed by atoms with Crippen LogP contribution in [-0.4, -0.2) is 19.5 Å². The Morgan fingerprint density at radius 3 is 2.28 bits per heavy atom. The zero-order valence-electron chi connectivity index (χ0n) is 12.5. The number of aliphatic carboxylic acids is 1. The molecule has 2 N–H and O–H groups in total. The van der Waals surface area contributed by atoms with Crippen molar-refractivity contribution in [3.8, 4) is 0 Å². The highest BCUT2D eigenvalue weighted by molar-refractivity contribution is 7.92. The molecule has 0 heterocycles. The molecular weight excluding hydrogens is 359 g/mol. The minimum absolute atomic E-state index is 0.0283. The van der Waals surface area contributed by atoms with E-state index in [1.165, 1.54) is 30.3 Å². The van der Waals surface area contributed by atoms with Crippen LogP contribution in [0.25, 0.3) is 6.08 Å². The standard InChI is InChI=1S/C16H12F3NO4S/c17-16(18,19)12-5-7-13(8-6-12)20-25(23,24)14-3-1-2-11(10-14)4-9-15(21)22/h1-10,20H,(H,21,22)/b9-4+. The molecule has 25 heavy (non-hydrogen) atoms. The van der Waals surface area contributed by atoms with Gasteiger partial charge in [0.05, 0.1) is 10.5 Å². The van der Waals surface area contributed by atoms with Gasteiger partial charge in [-0.1, -0.05) is 12.1 Å². The minimum Gasteiger partial charge on any atom is -0.478 e. The Hall–Kier alpha value is -2.81. The number of halogens is 3. The first-order chi connectivity index (χ1) is 11.6. The van der Waals surface area contributed by atoms with E-state index in [4.69, 9.17) is 5.11 Å². The lowest BCUT2D eigenvalue weighted by molar-refractivity contribution is -0.137. The van der Waals surface area contributed by atoms with Gasteiger partial charge in [0.1, 0.15) is 0 Å². The van der Waals surface area contributed by atoms with Gasteiger partial charge in [0, 0.05) is 11.8 Å². The molecule has 0 atom stereocenters. The van der Waals surface area contributed by atoms with Gasteiger partial charge in [-0.25, -0.2) is 13.2 Å². The van der Waals surface area contributed by atoms with Crippen molar-refractivity contribution >= 4 is 27.8 Å².